The van der Waals surface area contributed by atoms with E-state index in [0.29, 0.717) is 5.39 Å². The zero-order chi connectivity index (χ0) is 11.0. The van der Waals surface area contributed by atoms with Crippen molar-refractivity contribution in [3.8, 4) is 0 Å². The average Bonchev–Trinajstić information content (AvgIpc) is 2.25. The summed E-state index contributed by atoms with van der Waals surface area (Å²) in [6, 6.07) is 6.77. The minimum absolute atomic E-state index is 0.381. The molecule has 0 atom stereocenters. The van der Waals surface area contributed by atoms with Gasteiger partial charge in [0.05, 0.1) is 0 Å². The number of aryl methyl sites for hydroxylation is 2. The maximum atomic E-state index is 13.5. The molecule has 2 aromatic carbocycles. The van der Waals surface area contributed by atoms with E-state index in [1.54, 1.807) is 13.0 Å². The van der Waals surface area contributed by atoms with Crippen LogP contribution in [-0.2, 0) is 6.42 Å². The van der Waals surface area contributed by atoms with Gasteiger partial charge in [0, 0.05) is 5.39 Å². The third-order valence-electron chi connectivity index (χ3n) is 2.71. The molecule has 0 heterocycles. The van der Waals surface area contributed by atoms with E-state index < -0.39 is 11.6 Å². The second-order valence-electron chi connectivity index (χ2n) is 3.72. The van der Waals surface area contributed by atoms with Gasteiger partial charge in [-0.2, -0.15) is 0 Å². The molecule has 2 heteroatoms. The summed E-state index contributed by atoms with van der Waals surface area (Å²) in [5.74, 6) is -1.51. The summed E-state index contributed by atoms with van der Waals surface area (Å²) in [6.45, 7) is 3.78. The molecule has 0 nitrogen and oxygen atoms in total. The molecular weight excluding hydrogens is 194 g/mol. The summed E-state index contributed by atoms with van der Waals surface area (Å²) >= 11 is 0. The van der Waals surface area contributed by atoms with E-state index in [2.05, 4.69) is 0 Å². The van der Waals surface area contributed by atoms with E-state index in [9.17, 15) is 8.78 Å². The van der Waals surface area contributed by atoms with Crippen molar-refractivity contribution in [1.29, 1.82) is 0 Å². The van der Waals surface area contributed by atoms with Crippen LogP contribution in [0.4, 0.5) is 8.78 Å². The molecular formula is C13H12F2. The highest BCUT2D eigenvalue weighted by molar-refractivity contribution is 5.86. The fraction of sp³-hybridized carbons (Fsp3) is 0.231. The predicted octanol–water partition coefficient (Wildman–Crippen LogP) is 3.99. The molecule has 0 aliphatic carbocycles. The fourth-order valence-electron chi connectivity index (χ4n) is 1.80. The molecule has 2 aromatic rings. The summed E-state index contributed by atoms with van der Waals surface area (Å²) in [6.07, 6.45) is 0.824. The third-order valence-corrected chi connectivity index (χ3v) is 2.71. The van der Waals surface area contributed by atoms with Crippen LogP contribution in [0.15, 0.2) is 24.3 Å². The minimum Gasteiger partial charge on any atom is -0.204 e. The van der Waals surface area contributed by atoms with Crippen molar-refractivity contribution in [3.63, 3.8) is 0 Å². The van der Waals surface area contributed by atoms with E-state index >= 15 is 0 Å². The maximum Gasteiger partial charge on any atom is 0.166 e. The molecule has 15 heavy (non-hydrogen) atoms. The van der Waals surface area contributed by atoms with Crippen molar-refractivity contribution >= 4 is 10.8 Å². The largest absolute Gasteiger partial charge is 0.204 e. The van der Waals surface area contributed by atoms with Crippen LogP contribution in [0.1, 0.15) is 18.1 Å². The Kier molecular flexibility index (Phi) is 2.43. The first-order valence-electron chi connectivity index (χ1n) is 5.00. The van der Waals surface area contributed by atoms with Gasteiger partial charge in [0.25, 0.3) is 0 Å². The Hall–Kier alpha value is -1.44. The van der Waals surface area contributed by atoms with Crippen molar-refractivity contribution in [2.24, 2.45) is 0 Å². The number of rotatable bonds is 1. The molecule has 0 saturated carbocycles. The van der Waals surface area contributed by atoms with E-state index in [4.69, 9.17) is 0 Å². The summed E-state index contributed by atoms with van der Waals surface area (Å²) in [5, 5.41) is 1.16. The lowest BCUT2D eigenvalue weighted by Gasteiger charge is -2.06. The molecule has 0 saturated heterocycles. The Labute approximate surface area is 87.5 Å². The van der Waals surface area contributed by atoms with Crippen LogP contribution >= 0.6 is 0 Å². The summed E-state index contributed by atoms with van der Waals surface area (Å²) in [7, 11) is 0. The van der Waals surface area contributed by atoms with E-state index in [1.807, 2.05) is 19.1 Å². The number of benzene rings is 2. The fourth-order valence-corrected chi connectivity index (χ4v) is 1.80. The van der Waals surface area contributed by atoms with Gasteiger partial charge in [0.15, 0.2) is 11.6 Å². The predicted molar refractivity (Wildman–Crippen MR) is 58.0 cm³/mol. The molecule has 0 radical (unpaired) electrons. The van der Waals surface area contributed by atoms with Gasteiger partial charge in [0.2, 0.25) is 0 Å². The first-order chi connectivity index (χ1) is 7.13. The van der Waals surface area contributed by atoms with E-state index in [1.165, 1.54) is 6.07 Å². The maximum absolute atomic E-state index is 13.5. The van der Waals surface area contributed by atoms with Gasteiger partial charge in [-0.15, -0.1) is 0 Å². The highest BCUT2D eigenvalue weighted by Crippen LogP contribution is 2.25. The summed E-state index contributed by atoms with van der Waals surface area (Å²) in [5.41, 5.74) is 1.79. The molecule has 0 bridgehead atoms. The molecule has 0 aliphatic rings. The Morgan fingerprint density at radius 3 is 2.47 bits per heavy atom. The summed E-state index contributed by atoms with van der Waals surface area (Å²) < 4.78 is 26.7. The van der Waals surface area contributed by atoms with Gasteiger partial charge in [-0.25, -0.2) is 8.78 Å². The van der Waals surface area contributed by atoms with Crippen molar-refractivity contribution in [2.75, 3.05) is 0 Å². The summed E-state index contributed by atoms with van der Waals surface area (Å²) in [4.78, 5) is 0. The minimum atomic E-state index is -0.770. The third kappa shape index (κ3) is 1.60. The normalized spacial score (nSPS) is 10.9. The topological polar surface area (TPSA) is 0 Å². The zero-order valence-corrected chi connectivity index (χ0v) is 8.77. The van der Waals surface area contributed by atoms with Crippen LogP contribution in [0.2, 0.25) is 0 Å². The van der Waals surface area contributed by atoms with Gasteiger partial charge in [-0.1, -0.05) is 19.1 Å². The number of hydrogen-bond donors (Lipinski definition) is 0. The van der Waals surface area contributed by atoms with Crippen LogP contribution in [-0.4, -0.2) is 0 Å². The zero-order valence-electron chi connectivity index (χ0n) is 8.77. The molecule has 2 rings (SSSR count). The second kappa shape index (κ2) is 3.61. The first-order valence-corrected chi connectivity index (χ1v) is 5.00. The van der Waals surface area contributed by atoms with Gasteiger partial charge < -0.3 is 0 Å². The van der Waals surface area contributed by atoms with Crippen molar-refractivity contribution < 1.29 is 8.78 Å². The monoisotopic (exact) mass is 206 g/mol. The lowest BCUT2D eigenvalue weighted by Crippen LogP contribution is -1.91. The Balaban J connectivity index is 2.85. The Morgan fingerprint density at radius 2 is 1.80 bits per heavy atom. The lowest BCUT2D eigenvalue weighted by molar-refractivity contribution is 0.516. The van der Waals surface area contributed by atoms with Crippen LogP contribution in [0.25, 0.3) is 10.8 Å². The van der Waals surface area contributed by atoms with Crippen LogP contribution in [0.3, 0.4) is 0 Å². The van der Waals surface area contributed by atoms with Crippen LogP contribution in [0, 0.1) is 18.6 Å². The van der Waals surface area contributed by atoms with Crippen molar-refractivity contribution in [3.05, 3.63) is 47.0 Å². The molecule has 0 unspecified atom stereocenters. The molecule has 0 aliphatic heterocycles. The van der Waals surface area contributed by atoms with Crippen molar-refractivity contribution in [1.82, 2.24) is 0 Å². The van der Waals surface area contributed by atoms with Gasteiger partial charge in [-0.05, 0) is 42.0 Å². The van der Waals surface area contributed by atoms with E-state index in [-0.39, 0.29) is 0 Å². The number of fused-ring (bicyclic) bond motifs is 1. The first kappa shape index (κ1) is 10.1. The van der Waals surface area contributed by atoms with Crippen LogP contribution in [0.5, 0.6) is 0 Å². The molecule has 0 aromatic heterocycles. The SMILES string of the molecule is CCc1ccc2c(C)cc(F)c(F)c2c1. The quantitative estimate of drug-likeness (QED) is 0.661. The van der Waals surface area contributed by atoms with Gasteiger partial charge >= 0.3 is 0 Å². The lowest BCUT2D eigenvalue weighted by atomic mass is 10.0. The van der Waals surface area contributed by atoms with Crippen LogP contribution < -0.4 is 0 Å². The highest BCUT2D eigenvalue weighted by atomic mass is 19.2. The molecule has 78 valence electrons. The molecule has 0 spiro atoms. The molecule has 0 amide bonds. The second-order valence-corrected chi connectivity index (χ2v) is 3.72. The standard InChI is InChI=1S/C13H12F2/c1-3-9-4-5-10-8(2)6-12(14)13(15)11(10)7-9/h4-7H,3H2,1-2H3. The average molecular weight is 206 g/mol. The molecule has 0 N–H and O–H groups in total. The molecule has 0 fully saturated rings. The van der Waals surface area contributed by atoms with E-state index in [0.717, 1.165) is 22.9 Å². The van der Waals surface area contributed by atoms with Gasteiger partial charge in [-0.3, -0.25) is 0 Å². The highest BCUT2D eigenvalue weighted by Gasteiger charge is 2.09. The number of halogens is 2. The smallest absolute Gasteiger partial charge is 0.166 e. The van der Waals surface area contributed by atoms with Gasteiger partial charge in [0.1, 0.15) is 0 Å². The number of hydrogen-bond acceptors (Lipinski definition) is 0. The Morgan fingerprint density at radius 1 is 1.07 bits per heavy atom. The van der Waals surface area contributed by atoms with Crippen molar-refractivity contribution in [2.45, 2.75) is 20.3 Å². The Bertz CT molecular complexity index is 515.